The number of hydrogen-bond donors (Lipinski definition) is 1. The van der Waals surface area contributed by atoms with E-state index >= 15 is 0 Å². The van der Waals surface area contributed by atoms with Crippen molar-refractivity contribution in [1.29, 1.82) is 0 Å². The highest BCUT2D eigenvalue weighted by molar-refractivity contribution is 8.13. The van der Waals surface area contributed by atoms with E-state index in [4.69, 9.17) is 0 Å². The van der Waals surface area contributed by atoms with Crippen molar-refractivity contribution in [1.82, 2.24) is 0 Å². The molecule has 0 bridgehead atoms. The third-order valence-electron chi connectivity index (χ3n) is 2.61. The fourth-order valence-electron chi connectivity index (χ4n) is 1.75. The van der Waals surface area contributed by atoms with Crippen molar-refractivity contribution in [3.8, 4) is 5.75 Å². The van der Waals surface area contributed by atoms with Crippen LogP contribution in [0.25, 0.3) is 16.8 Å². The van der Waals surface area contributed by atoms with Gasteiger partial charge in [-0.1, -0.05) is 60.3 Å². The molecule has 0 saturated carbocycles. The smallest absolute Gasteiger partial charge is 0.186 e. The van der Waals surface area contributed by atoms with Crippen molar-refractivity contribution in [3.05, 3.63) is 48.0 Å². The van der Waals surface area contributed by atoms with Gasteiger partial charge >= 0.3 is 0 Å². The molecule has 0 fully saturated rings. The molecule has 0 aromatic heterocycles. The molecule has 2 nitrogen and oxygen atoms in total. The fraction of sp³-hybridized carbons (Fsp3) is 0.133. The monoisotopic (exact) mass is 258 g/mol. The van der Waals surface area contributed by atoms with Crippen LogP contribution in [0.5, 0.6) is 5.75 Å². The Bertz CT molecular complexity index is 602. The highest BCUT2D eigenvalue weighted by atomic mass is 32.2. The van der Waals surface area contributed by atoms with Crippen LogP contribution in [-0.2, 0) is 4.79 Å². The number of carbonyl (C=O) groups excluding carboxylic acids is 1. The van der Waals surface area contributed by atoms with Gasteiger partial charge < -0.3 is 5.11 Å². The molecule has 2 aromatic rings. The lowest BCUT2D eigenvalue weighted by Crippen LogP contribution is -1.82. The zero-order chi connectivity index (χ0) is 13.0. The van der Waals surface area contributed by atoms with Crippen LogP contribution in [0, 0.1) is 0 Å². The lowest BCUT2D eigenvalue weighted by molar-refractivity contribution is -0.109. The zero-order valence-corrected chi connectivity index (χ0v) is 10.9. The molecule has 0 atom stereocenters. The van der Waals surface area contributed by atoms with Gasteiger partial charge in [0.2, 0.25) is 0 Å². The molecule has 2 aromatic carbocycles. The van der Waals surface area contributed by atoms with Crippen LogP contribution in [0.3, 0.4) is 0 Å². The number of aromatic hydroxyl groups is 1. The molecule has 0 aliphatic carbocycles. The number of carbonyl (C=O) groups is 1. The molecular weight excluding hydrogens is 244 g/mol. The van der Waals surface area contributed by atoms with Gasteiger partial charge in [-0.25, -0.2) is 0 Å². The largest absolute Gasteiger partial charge is 0.507 e. The van der Waals surface area contributed by atoms with E-state index in [1.807, 2.05) is 48.6 Å². The minimum absolute atomic E-state index is 0.0994. The lowest BCUT2D eigenvalue weighted by Gasteiger charge is -2.04. The Morgan fingerprint density at radius 3 is 2.83 bits per heavy atom. The third-order valence-corrected chi connectivity index (χ3v) is 3.38. The summed E-state index contributed by atoms with van der Waals surface area (Å²) < 4.78 is 0. The van der Waals surface area contributed by atoms with Crippen LogP contribution in [0.1, 0.15) is 12.5 Å². The van der Waals surface area contributed by atoms with E-state index in [0.29, 0.717) is 5.75 Å². The summed E-state index contributed by atoms with van der Waals surface area (Å²) in [5, 5.41) is 12.1. The second-order valence-electron chi connectivity index (χ2n) is 3.93. The van der Waals surface area contributed by atoms with Gasteiger partial charge in [0, 0.05) is 23.6 Å². The van der Waals surface area contributed by atoms with Crippen LogP contribution in [0.15, 0.2) is 42.5 Å². The van der Waals surface area contributed by atoms with Crippen LogP contribution >= 0.6 is 11.8 Å². The number of benzene rings is 2. The van der Waals surface area contributed by atoms with E-state index in [1.165, 1.54) is 11.8 Å². The number of phenolic OH excluding ortho intramolecular Hbond substituents is 1. The van der Waals surface area contributed by atoms with E-state index in [9.17, 15) is 9.90 Å². The summed E-state index contributed by atoms with van der Waals surface area (Å²) in [7, 11) is 0. The number of rotatable bonds is 3. The zero-order valence-electron chi connectivity index (χ0n) is 10.1. The molecule has 0 unspecified atom stereocenters. The van der Waals surface area contributed by atoms with Crippen molar-refractivity contribution in [2.75, 3.05) is 5.75 Å². The molecule has 0 saturated heterocycles. The Labute approximate surface area is 110 Å². The molecular formula is C15H14O2S. The second kappa shape index (κ2) is 5.74. The van der Waals surface area contributed by atoms with Gasteiger partial charge in [0.05, 0.1) is 0 Å². The molecule has 0 spiro atoms. The fourth-order valence-corrected chi connectivity index (χ4v) is 2.17. The minimum Gasteiger partial charge on any atom is -0.507 e. The number of thioether (sulfide) groups is 1. The van der Waals surface area contributed by atoms with E-state index in [-0.39, 0.29) is 10.9 Å². The predicted octanol–water partition coefficient (Wildman–Crippen LogP) is 3.84. The molecule has 1 N–H and O–H groups in total. The summed E-state index contributed by atoms with van der Waals surface area (Å²) in [5.74, 6) is 0.916. The van der Waals surface area contributed by atoms with Gasteiger partial charge in [0.25, 0.3) is 0 Å². The summed E-state index contributed by atoms with van der Waals surface area (Å²) >= 11 is 1.25. The maximum atomic E-state index is 10.8. The van der Waals surface area contributed by atoms with Crippen molar-refractivity contribution in [3.63, 3.8) is 0 Å². The summed E-state index contributed by atoms with van der Waals surface area (Å²) in [4.78, 5) is 10.8. The Kier molecular flexibility index (Phi) is 4.05. The van der Waals surface area contributed by atoms with Gasteiger partial charge in [0.15, 0.2) is 5.12 Å². The summed E-state index contributed by atoms with van der Waals surface area (Å²) in [6.07, 6.45) is 3.73. The van der Waals surface area contributed by atoms with Crippen molar-refractivity contribution < 1.29 is 9.90 Å². The summed E-state index contributed by atoms with van der Waals surface area (Å²) in [6.45, 7) is 1.55. The maximum absolute atomic E-state index is 10.8. The van der Waals surface area contributed by atoms with Gasteiger partial charge in [-0.05, 0) is 5.39 Å². The normalized spacial score (nSPS) is 11.2. The van der Waals surface area contributed by atoms with Crippen LogP contribution in [-0.4, -0.2) is 16.0 Å². The van der Waals surface area contributed by atoms with Crippen molar-refractivity contribution >= 4 is 33.7 Å². The van der Waals surface area contributed by atoms with Crippen LogP contribution in [0.4, 0.5) is 0 Å². The topological polar surface area (TPSA) is 37.3 Å². The van der Waals surface area contributed by atoms with Crippen LogP contribution < -0.4 is 0 Å². The van der Waals surface area contributed by atoms with Gasteiger partial charge in [-0.15, -0.1) is 0 Å². The third kappa shape index (κ3) is 2.93. The predicted molar refractivity (Wildman–Crippen MR) is 77.8 cm³/mol. The summed E-state index contributed by atoms with van der Waals surface area (Å²) in [6, 6.07) is 11.6. The molecule has 18 heavy (non-hydrogen) atoms. The van der Waals surface area contributed by atoms with Gasteiger partial charge in [0.1, 0.15) is 5.75 Å². The van der Waals surface area contributed by atoms with E-state index in [2.05, 4.69) is 0 Å². The second-order valence-corrected chi connectivity index (χ2v) is 5.13. The molecule has 0 aliphatic heterocycles. The highest BCUT2D eigenvalue weighted by Crippen LogP contribution is 2.29. The molecule has 0 radical (unpaired) electrons. The average molecular weight is 258 g/mol. The Morgan fingerprint density at radius 2 is 2.06 bits per heavy atom. The first-order valence-electron chi connectivity index (χ1n) is 5.69. The molecule has 2 rings (SSSR count). The first-order chi connectivity index (χ1) is 8.68. The van der Waals surface area contributed by atoms with Gasteiger partial charge in [-0.3, -0.25) is 4.79 Å². The van der Waals surface area contributed by atoms with E-state index in [1.54, 1.807) is 6.92 Å². The summed E-state index contributed by atoms with van der Waals surface area (Å²) in [5.41, 5.74) is 0.776. The molecule has 0 heterocycles. The van der Waals surface area contributed by atoms with E-state index in [0.717, 1.165) is 16.3 Å². The Morgan fingerprint density at radius 1 is 1.28 bits per heavy atom. The van der Waals surface area contributed by atoms with Crippen LogP contribution in [0.2, 0.25) is 0 Å². The molecule has 92 valence electrons. The first-order valence-corrected chi connectivity index (χ1v) is 6.67. The van der Waals surface area contributed by atoms with Crippen molar-refractivity contribution in [2.24, 2.45) is 0 Å². The minimum atomic E-state index is 0.0994. The molecule has 3 heteroatoms. The highest BCUT2D eigenvalue weighted by Gasteiger charge is 2.02. The quantitative estimate of drug-likeness (QED) is 0.909. The molecule has 0 aliphatic rings. The van der Waals surface area contributed by atoms with Gasteiger partial charge in [-0.2, -0.15) is 0 Å². The average Bonchev–Trinajstić information content (AvgIpc) is 2.37. The standard InChI is InChI=1S/C15H14O2S/c1-11(16)18-10-4-6-13-9-8-12-5-2-3-7-14(12)15(13)17/h2-9,17H,10H2,1H3. The Hall–Kier alpha value is -1.74. The van der Waals surface area contributed by atoms with E-state index < -0.39 is 0 Å². The Balaban J connectivity index is 2.24. The first kappa shape index (κ1) is 12.7. The molecule has 0 amide bonds. The number of phenols is 1. The number of fused-ring (bicyclic) bond motifs is 1. The van der Waals surface area contributed by atoms with Crippen molar-refractivity contribution in [2.45, 2.75) is 6.92 Å². The lowest BCUT2D eigenvalue weighted by atomic mass is 10.1. The number of hydrogen-bond acceptors (Lipinski definition) is 3. The maximum Gasteiger partial charge on any atom is 0.186 e. The SMILES string of the molecule is CC(=O)SCC=Cc1ccc2ccccc2c1O.